The van der Waals surface area contributed by atoms with Gasteiger partial charge in [0, 0.05) is 26.2 Å². The van der Waals surface area contributed by atoms with Crippen LogP contribution in [0.25, 0.3) is 11.1 Å². The van der Waals surface area contributed by atoms with Crippen LogP contribution >= 0.6 is 11.6 Å². The summed E-state index contributed by atoms with van der Waals surface area (Å²) >= 11 is 5.86. The molecular weight excluding hydrogens is 326 g/mol. The van der Waals surface area contributed by atoms with Crippen molar-refractivity contribution in [2.45, 2.75) is 18.9 Å². The number of anilines is 2. The van der Waals surface area contributed by atoms with Crippen molar-refractivity contribution in [1.82, 2.24) is 15.0 Å². The molecule has 0 saturated carbocycles. The fourth-order valence-corrected chi connectivity index (χ4v) is 3.19. The first-order valence-electron chi connectivity index (χ1n) is 8.01. The molecule has 7 heteroatoms. The second-order valence-corrected chi connectivity index (χ2v) is 6.43. The predicted octanol–water partition coefficient (Wildman–Crippen LogP) is 3.38. The third kappa shape index (κ3) is 2.89. The molecule has 1 fully saturated rings. The van der Waals surface area contributed by atoms with Gasteiger partial charge in [0.1, 0.15) is 5.52 Å². The molecule has 0 bridgehead atoms. The highest BCUT2D eigenvalue weighted by Crippen LogP contribution is 2.26. The van der Waals surface area contributed by atoms with Crippen molar-refractivity contribution in [1.29, 1.82) is 0 Å². The SMILES string of the molecule is CN(c1ncc(Cl)cn1)C1CCN(c2nc3ccccc3o2)CC1. The van der Waals surface area contributed by atoms with E-state index in [2.05, 4.69) is 24.8 Å². The largest absolute Gasteiger partial charge is 0.423 e. The van der Waals surface area contributed by atoms with Crippen LogP contribution in [0.4, 0.5) is 12.0 Å². The minimum Gasteiger partial charge on any atom is -0.423 e. The molecule has 1 aliphatic rings. The van der Waals surface area contributed by atoms with Gasteiger partial charge in [-0.15, -0.1) is 0 Å². The second kappa shape index (κ2) is 6.28. The van der Waals surface area contributed by atoms with Gasteiger partial charge in [0.2, 0.25) is 5.95 Å². The molecule has 3 aromatic rings. The Bertz CT molecular complexity index is 793. The zero-order valence-corrected chi connectivity index (χ0v) is 14.1. The van der Waals surface area contributed by atoms with E-state index in [0.717, 1.165) is 37.0 Å². The van der Waals surface area contributed by atoms with Crippen molar-refractivity contribution >= 4 is 34.7 Å². The summed E-state index contributed by atoms with van der Waals surface area (Å²) in [4.78, 5) is 17.5. The third-order valence-corrected chi connectivity index (χ3v) is 4.68. The first kappa shape index (κ1) is 15.2. The molecule has 1 aromatic carbocycles. The second-order valence-electron chi connectivity index (χ2n) is 5.99. The summed E-state index contributed by atoms with van der Waals surface area (Å²) in [5.41, 5.74) is 1.74. The fourth-order valence-electron chi connectivity index (χ4n) is 3.09. The Balaban J connectivity index is 1.43. The molecule has 24 heavy (non-hydrogen) atoms. The van der Waals surface area contributed by atoms with Crippen LogP contribution in [-0.4, -0.2) is 41.1 Å². The van der Waals surface area contributed by atoms with Gasteiger partial charge in [-0.3, -0.25) is 0 Å². The molecule has 124 valence electrons. The van der Waals surface area contributed by atoms with Crippen molar-refractivity contribution in [3.8, 4) is 0 Å². The molecule has 6 nitrogen and oxygen atoms in total. The van der Waals surface area contributed by atoms with E-state index in [0.29, 0.717) is 23.0 Å². The number of hydrogen-bond donors (Lipinski definition) is 0. The monoisotopic (exact) mass is 343 g/mol. The van der Waals surface area contributed by atoms with Gasteiger partial charge in [-0.2, -0.15) is 4.98 Å². The number of hydrogen-bond acceptors (Lipinski definition) is 6. The lowest BCUT2D eigenvalue weighted by Crippen LogP contribution is -2.44. The normalized spacial score (nSPS) is 15.8. The van der Waals surface area contributed by atoms with E-state index in [4.69, 9.17) is 16.0 Å². The summed E-state index contributed by atoms with van der Waals surface area (Å²) in [7, 11) is 2.03. The van der Waals surface area contributed by atoms with Gasteiger partial charge in [-0.25, -0.2) is 9.97 Å². The number of oxazole rings is 1. The molecule has 1 aliphatic heterocycles. The predicted molar refractivity (Wildman–Crippen MR) is 94.7 cm³/mol. The Hall–Kier alpha value is -2.34. The minimum atomic E-state index is 0.395. The zero-order chi connectivity index (χ0) is 16.5. The molecule has 0 amide bonds. The van der Waals surface area contributed by atoms with Crippen LogP contribution in [0.1, 0.15) is 12.8 Å². The Morgan fingerprint density at radius 2 is 1.88 bits per heavy atom. The average molecular weight is 344 g/mol. The Morgan fingerprint density at radius 1 is 1.17 bits per heavy atom. The minimum absolute atomic E-state index is 0.395. The van der Waals surface area contributed by atoms with Gasteiger partial charge in [0.25, 0.3) is 6.01 Å². The smallest absolute Gasteiger partial charge is 0.298 e. The molecule has 0 aliphatic carbocycles. The van der Waals surface area contributed by atoms with Crippen molar-refractivity contribution in [3.63, 3.8) is 0 Å². The van der Waals surface area contributed by atoms with Gasteiger partial charge >= 0.3 is 0 Å². The first-order valence-corrected chi connectivity index (χ1v) is 8.39. The highest BCUT2D eigenvalue weighted by Gasteiger charge is 2.26. The third-order valence-electron chi connectivity index (χ3n) is 4.49. The molecule has 0 N–H and O–H groups in total. The number of fused-ring (bicyclic) bond motifs is 1. The van der Waals surface area contributed by atoms with Crippen molar-refractivity contribution < 1.29 is 4.42 Å². The van der Waals surface area contributed by atoms with Crippen LogP contribution in [0.5, 0.6) is 0 Å². The fraction of sp³-hybridized carbons (Fsp3) is 0.353. The molecule has 0 radical (unpaired) electrons. The van der Waals surface area contributed by atoms with E-state index in [1.807, 2.05) is 31.3 Å². The van der Waals surface area contributed by atoms with Gasteiger partial charge in [-0.1, -0.05) is 23.7 Å². The standard InChI is InChI=1S/C17H18ClN5O/c1-22(16-19-10-12(18)11-20-16)13-6-8-23(9-7-13)17-21-14-4-2-3-5-15(14)24-17/h2-5,10-11,13H,6-9H2,1H3. The Labute approximate surface area is 145 Å². The molecule has 3 heterocycles. The lowest BCUT2D eigenvalue weighted by Gasteiger charge is -2.36. The molecule has 0 atom stereocenters. The number of nitrogens with zero attached hydrogens (tertiary/aromatic N) is 5. The quantitative estimate of drug-likeness (QED) is 0.726. The van der Waals surface area contributed by atoms with E-state index < -0.39 is 0 Å². The van der Waals surface area contributed by atoms with Crippen molar-refractivity contribution in [2.75, 3.05) is 29.9 Å². The number of para-hydroxylation sites is 2. The number of rotatable bonds is 3. The highest BCUT2D eigenvalue weighted by molar-refractivity contribution is 6.30. The molecule has 0 spiro atoms. The van der Waals surface area contributed by atoms with Gasteiger partial charge in [-0.05, 0) is 25.0 Å². The highest BCUT2D eigenvalue weighted by atomic mass is 35.5. The van der Waals surface area contributed by atoms with Gasteiger partial charge < -0.3 is 14.2 Å². The van der Waals surface area contributed by atoms with Crippen LogP contribution in [0.3, 0.4) is 0 Å². The topological polar surface area (TPSA) is 58.3 Å². The maximum atomic E-state index is 5.86. The van der Waals surface area contributed by atoms with E-state index in [1.54, 1.807) is 12.4 Å². The van der Waals surface area contributed by atoms with Crippen molar-refractivity contribution in [3.05, 3.63) is 41.7 Å². The Kier molecular flexibility index (Phi) is 3.98. The van der Waals surface area contributed by atoms with Gasteiger partial charge in [0.15, 0.2) is 5.58 Å². The van der Waals surface area contributed by atoms with Crippen LogP contribution < -0.4 is 9.80 Å². The van der Waals surface area contributed by atoms with E-state index in [1.165, 1.54) is 0 Å². The molecule has 1 saturated heterocycles. The van der Waals surface area contributed by atoms with Crippen LogP contribution in [0, 0.1) is 0 Å². The van der Waals surface area contributed by atoms with E-state index >= 15 is 0 Å². The van der Waals surface area contributed by atoms with Crippen LogP contribution in [-0.2, 0) is 0 Å². The summed E-state index contributed by atoms with van der Waals surface area (Å²) in [6.45, 7) is 1.80. The summed E-state index contributed by atoms with van der Waals surface area (Å²) in [5.74, 6) is 0.708. The maximum Gasteiger partial charge on any atom is 0.298 e. The van der Waals surface area contributed by atoms with Crippen LogP contribution in [0.15, 0.2) is 41.1 Å². The number of piperidine rings is 1. The number of benzene rings is 1. The molecule has 0 unspecified atom stereocenters. The summed E-state index contributed by atoms with van der Waals surface area (Å²) in [6.07, 6.45) is 5.27. The molecule has 2 aromatic heterocycles. The molecular formula is C17H18ClN5O. The first-order chi connectivity index (χ1) is 11.7. The lowest BCUT2D eigenvalue weighted by atomic mass is 10.0. The van der Waals surface area contributed by atoms with Crippen LogP contribution in [0.2, 0.25) is 5.02 Å². The number of aromatic nitrogens is 3. The lowest BCUT2D eigenvalue weighted by molar-refractivity contribution is 0.450. The summed E-state index contributed by atoms with van der Waals surface area (Å²) in [5, 5.41) is 0.554. The Morgan fingerprint density at radius 3 is 2.58 bits per heavy atom. The van der Waals surface area contributed by atoms with Crippen molar-refractivity contribution in [2.24, 2.45) is 0 Å². The number of halogens is 1. The van der Waals surface area contributed by atoms with E-state index in [-0.39, 0.29) is 0 Å². The summed E-state index contributed by atoms with van der Waals surface area (Å²) in [6, 6.07) is 8.96. The maximum absolute atomic E-state index is 5.86. The summed E-state index contributed by atoms with van der Waals surface area (Å²) < 4.78 is 5.86. The van der Waals surface area contributed by atoms with Gasteiger partial charge in [0.05, 0.1) is 17.4 Å². The molecule has 4 rings (SSSR count). The average Bonchev–Trinajstić information content (AvgIpc) is 3.06. The zero-order valence-electron chi connectivity index (χ0n) is 13.4. The van der Waals surface area contributed by atoms with E-state index in [9.17, 15) is 0 Å².